The lowest BCUT2D eigenvalue weighted by Crippen LogP contribution is -2.15. The molecule has 0 unspecified atom stereocenters. The van der Waals surface area contributed by atoms with E-state index < -0.39 is 0 Å². The molecule has 0 atom stereocenters. The Labute approximate surface area is 167 Å². The molecule has 3 aromatic rings. The number of hydrogen-bond acceptors (Lipinski definition) is 5. The number of para-hydroxylation sites is 1. The largest absolute Gasteiger partial charge is 0.496 e. The van der Waals surface area contributed by atoms with E-state index in [1.165, 1.54) is 11.8 Å². The molecule has 0 radical (unpaired) electrons. The van der Waals surface area contributed by atoms with Gasteiger partial charge in [-0.3, -0.25) is 4.79 Å². The molecule has 0 saturated heterocycles. The van der Waals surface area contributed by atoms with Crippen LogP contribution in [0.5, 0.6) is 5.75 Å². The van der Waals surface area contributed by atoms with E-state index in [4.69, 9.17) is 16.3 Å². The Kier molecular flexibility index (Phi) is 6.32. The van der Waals surface area contributed by atoms with Gasteiger partial charge in [-0.15, -0.1) is 10.2 Å². The van der Waals surface area contributed by atoms with Gasteiger partial charge in [-0.05, 0) is 48.9 Å². The predicted molar refractivity (Wildman–Crippen MR) is 110 cm³/mol. The maximum Gasteiger partial charge on any atom is 0.234 e. The van der Waals surface area contributed by atoms with Gasteiger partial charge in [-0.25, -0.2) is 0 Å². The number of aromatic nitrogens is 2. The molecule has 0 aliphatic heterocycles. The Balaban J connectivity index is 1.62. The van der Waals surface area contributed by atoms with Crippen molar-refractivity contribution in [1.82, 2.24) is 10.2 Å². The second kappa shape index (κ2) is 8.88. The van der Waals surface area contributed by atoms with Crippen LogP contribution in [0, 0.1) is 6.92 Å². The van der Waals surface area contributed by atoms with Crippen LogP contribution in [0.3, 0.4) is 0 Å². The lowest BCUT2D eigenvalue weighted by atomic mass is 10.1. The third-order valence-corrected chi connectivity index (χ3v) is 5.25. The Hall–Kier alpha value is -2.57. The van der Waals surface area contributed by atoms with Crippen molar-refractivity contribution in [2.24, 2.45) is 0 Å². The summed E-state index contributed by atoms with van der Waals surface area (Å²) >= 11 is 7.40. The summed E-state index contributed by atoms with van der Waals surface area (Å²) in [7, 11) is 1.62. The fourth-order valence-corrected chi connectivity index (χ4v) is 3.25. The lowest BCUT2D eigenvalue weighted by molar-refractivity contribution is -0.113. The van der Waals surface area contributed by atoms with Gasteiger partial charge in [0.2, 0.25) is 5.91 Å². The molecule has 3 rings (SSSR count). The molecule has 0 saturated carbocycles. The van der Waals surface area contributed by atoms with Gasteiger partial charge >= 0.3 is 0 Å². The van der Waals surface area contributed by atoms with E-state index in [1.807, 2.05) is 49.4 Å². The summed E-state index contributed by atoms with van der Waals surface area (Å²) in [6.07, 6.45) is 0. The normalized spacial score (nSPS) is 10.5. The number of amides is 1. The Morgan fingerprint density at radius 3 is 2.67 bits per heavy atom. The van der Waals surface area contributed by atoms with Crippen LogP contribution in [0.15, 0.2) is 59.6 Å². The summed E-state index contributed by atoms with van der Waals surface area (Å²) < 4.78 is 5.35. The first-order chi connectivity index (χ1) is 13.1. The van der Waals surface area contributed by atoms with E-state index >= 15 is 0 Å². The second-order valence-corrected chi connectivity index (χ2v) is 7.11. The van der Waals surface area contributed by atoms with Crippen molar-refractivity contribution < 1.29 is 9.53 Å². The van der Waals surface area contributed by atoms with Crippen LogP contribution in [0.4, 0.5) is 5.69 Å². The van der Waals surface area contributed by atoms with Gasteiger partial charge in [0.15, 0.2) is 0 Å². The van der Waals surface area contributed by atoms with Gasteiger partial charge in [0.05, 0.1) is 18.6 Å². The van der Waals surface area contributed by atoms with Crippen molar-refractivity contribution >= 4 is 35.0 Å². The highest BCUT2D eigenvalue weighted by Crippen LogP contribution is 2.28. The van der Waals surface area contributed by atoms with Gasteiger partial charge in [0.25, 0.3) is 0 Å². The smallest absolute Gasteiger partial charge is 0.234 e. The standard InChI is InChI=1S/C20H18ClN3O2S/c1-13-15(21)7-5-8-16(13)22-19(25)12-27-20-11-10-17(23-24-20)14-6-3-4-9-18(14)26-2/h3-11H,12H2,1-2H3,(H,22,25). The van der Waals surface area contributed by atoms with Gasteiger partial charge in [0.1, 0.15) is 10.8 Å². The molecule has 1 aromatic heterocycles. The molecule has 0 bridgehead atoms. The van der Waals surface area contributed by atoms with E-state index in [0.29, 0.717) is 15.7 Å². The molecular formula is C20H18ClN3O2S. The van der Waals surface area contributed by atoms with E-state index in [1.54, 1.807) is 19.2 Å². The highest BCUT2D eigenvalue weighted by atomic mass is 35.5. The Bertz CT molecular complexity index is 948. The number of ether oxygens (including phenoxy) is 1. The minimum atomic E-state index is -0.124. The maximum atomic E-state index is 12.2. The highest BCUT2D eigenvalue weighted by molar-refractivity contribution is 7.99. The minimum Gasteiger partial charge on any atom is -0.496 e. The number of rotatable bonds is 6. The number of thioether (sulfide) groups is 1. The monoisotopic (exact) mass is 399 g/mol. The van der Waals surface area contributed by atoms with E-state index in [9.17, 15) is 4.79 Å². The summed E-state index contributed by atoms with van der Waals surface area (Å²) in [5.74, 6) is 0.846. The number of nitrogens with one attached hydrogen (secondary N) is 1. The first-order valence-electron chi connectivity index (χ1n) is 8.23. The lowest BCUT2D eigenvalue weighted by Gasteiger charge is -2.09. The quantitative estimate of drug-likeness (QED) is 0.600. The Morgan fingerprint density at radius 1 is 1.11 bits per heavy atom. The summed E-state index contributed by atoms with van der Waals surface area (Å²) in [6.45, 7) is 1.87. The van der Waals surface area contributed by atoms with Gasteiger partial charge in [-0.1, -0.05) is 41.6 Å². The van der Waals surface area contributed by atoms with E-state index in [2.05, 4.69) is 15.5 Å². The first-order valence-corrected chi connectivity index (χ1v) is 9.59. The van der Waals surface area contributed by atoms with Gasteiger partial charge in [-0.2, -0.15) is 0 Å². The molecule has 0 aliphatic carbocycles. The van der Waals surface area contributed by atoms with Gasteiger partial charge in [0, 0.05) is 16.3 Å². The topological polar surface area (TPSA) is 64.1 Å². The van der Waals surface area contributed by atoms with E-state index in [0.717, 1.165) is 22.6 Å². The number of hydrogen-bond donors (Lipinski definition) is 1. The molecule has 7 heteroatoms. The fourth-order valence-electron chi connectivity index (χ4n) is 2.47. The molecule has 1 amide bonds. The van der Waals surface area contributed by atoms with Crippen LogP contribution >= 0.6 is 23.4 Å². The maximum absolute atomic E-state index is 12.2. The zero-order valence-corrected chi connectivity index (χ0v) is 16.5. The highest BCUT2D eigenvalue weighted by Gasteiger charge is 2.10. The first kappa shape index (κ1) is 19.2. The zero-order valence-electron chi connectivity index (χ0n) is 14.9. The molecule has 0 fully saturated rings. The number of nitrogens with zero attached hydrogens (tertiary/aromatic N) is 2. The molecule has 1 N–H and O–H groups in total. The van der Waals surface area contributed by atoms with Crippen molar-refractivity contribution in [1.29, 1.82) is 0 Å². The van der Waals surface area contributed by atoms with Crippen LogP contribution in [-0.4, -0.2) is 29.0 Å². The fraction of sp³-hybridized carbons (Fsp3) is 0.150. The van der Waals surface area contributed by atoms with Crippen LogP contribution in [0.2, 0.25) is 5.02 Å². The molecular weight excluding hydrogens is 382 g/mol. The van der Waals surface area contributed by atoms with Crippen LogP contribution in [-0.2, 0) is 4.79 Å². The van der Waals surface area contributed by atoms with Crippen LogP contribution in [0.25, 0.3) is 11.3 Å². The zero-order chi connectivity index (χ0) is 19.2. The summed E-state index contributed by atoms with van der Waals surface area (Å²) in [5.41, 5.74) is 3.15. The van der Waals surface area contributed by atoms with Crippen LogP contribution in [0.1, 0.15) is 5.56 Å². The number of carbonyl (C=O) groups excluding carboxylic acids is 1. The molecule has 1 heterocycles. The van der Waals surface area contributed by atoms with Gasteiger partial charge < -0.3 is 10.1 Å². The van der Waals surface area contributed by atoms with Crippen molar-refractivity contribution in [3.8, 4) is 17.0 Å². The number of carbonyl (C=O) groups is 1. The van der Waals surface area contributed by atoms with Crippen molar-refractivity contribution in [3.05, 3.63) is 65.2 Å². The van der Waals surface area contributed by atoms with Crippen molar-refractivity contribution in [2.75, 3.05) is 18.2 Å². The van der Waals surface area contributed by atoms with Crippen molar-refractivity contribution in [2.45, 2.75) is 11.9 Å². The SMILES string of the molecule is COc1ccccc1-c1ccc(SCC(=O)Nc2cccc(Cl)c2C)nn1. The average molecular weight is 400 g/mol. The Morgan fingerprint density at radius 2 is 1.93 bits per heavy atom. The molecule has 27 heavy (non-hydrogen) atoms. The number of anilines is 1. The number of benzene rings is 2. The third kappa shape index (κ3) is 4.78. The second-order valence-electron chi connectivity index (χ2n) is 5.71. The number of methoxy groups -OCH3 is 1. The molecule has 5 nitrogen and oxygen atoms in total. The summed E-state index contributed by atoms with van der Waals surface area (Å²) in [4.78, 5) is 12.2. The number of halogens is 1. The van der Waals surface area contributed by atoms with Crippen molar-refractivity contribution in [3.63, 3.8) is 0 Å². The molecule has 2 aromatic carbocycles. The molecule has 138 valence electrons. The summed E-state index contributed by atoms with van der Waals surface area (Å²) in [5, 5.41) is 12.6. The molecule has 0 aliphatic rings. The van der Waals surface area contributed by atoms with E-state index in [-0.39, 0.29) is 11.7 Å². The average Bonchev–Trinajstić information content (AvgIpc) is 2.70. The predicted octanol–water partition coefficient (Wildman–Crippen LogP) is 4.84. The van der Waals surface area contributed by atoms with Crippen LogP contribution < -0.4 is 10.1 Å². The molecule has 0 spiro atoms. The third-order valence-electron chi connectivity index (χ3n) is 3.92. The summed E-state index contributed by atoms with van der Waals surface area (Å²) in [6, 6.07) is 16.8. The minimum absolute atomic E-state index is 0.124.